The van der Waals surface area contributed by atoms with Crippen molar-refractivity contribution in [3.05, 3.63) is 16.4 Å². The number of anilines is 1. The van der Waals surface area contributed by atoms with Crippen LogP contribution in [0.1, 0.15) is 19.0 Å². The molecule has 102 valence electrons. The second-order valence-electron chi connectivity index (χ2n) is 4.48. The van der Waals surface area contributed by atoms with E-state index in [9.17, 15) is 9.59 Å². The molecule has 0 N–H and O–H groups in total. The van der Waals surface area contributed by atoms with Crippen LogP contribution in [0.2, 0.25) is 0 Å². The summed E-state index contributed by atoms with van der Waals surface area (Å²) in [5.74, 6) is 1.33. The number of hydrogen-bond donors (Lipinski definition) is 0. The summed E-state index contributed by atoms with van der Waals surface area (Å²) >= 11 is 4.60. The normalized spacial score (nSPS) is 19.0. The van der Waals surface area contributed by atoms with Crippen LogP contribution in [0.5, 0.6) is 0 Å². The summed E-state index contributed by atoms with van der Waals surface area (Å²) in [5.41, 5.74) is 0.805. The molecule has 1 fully saturated rings. The van der Waals surface area contributed by atoms with Crippen molar-refractivity contribution in [3.8, 4) is 0 Å². The van der Waals surface area contributed by atoms with Crippen molar-refractivity contribution in [1.29, 1.82) is 0 Å². The Hall–Kier alpha value is -0.950. The molecule has 19 heavy (non-hydrogen) atoms. The van der Waals surface area contributed by atoms with E-state index in [1.165, 1.54) is 11.8 Å². The van der Waals surface area contributed by atoms with Gasteiger partial charge in [0.15, 0.2) is 5.12 Å². The maximum atomic E-state index is 12.0. The maximum Gasteiger partial charge on any atom is 0.232 e. The minimum absolute atomic E-state index is 0.0240. The molecule has 0 spiro atoms. The summed E-state index contributed by atoms with van der Waals surface area (Å²) in [5, 5.41) is 0.0848. The molecule has 1 aliphatic rings. The molecule has 0 bridgehead atoms. The summed E-state index contributed by atoms with van der Waals surface area (Å²) < 4.78 is 0.826. The lowest BCUT2D eigenvalue weighted by Gasteiger charge is -2.14. The molecule has 1 aliphatic heterocycles. The highest BCUT2D eigenvalue weighted by Gasteiger charge is 2.32. The monoisotopic (exact) mass is 343 g/mol. The topological polar surface area (TPSA) is 63.2 Å². The van der Waals surface area contributed by atoms with Gasteiger partial charge in [-0.3, -0.25) is 14.5 Å². The van der Waals surface area contributed by atoms with Gasteiger partial charge >= 0.3 is 0 Å². The van der Waals surface area contributed by atoms with Gasteiger partial charge in [-0.1, -0.05) is 11.8 Å². The number of nitrogens with zero attached hydrogens (tertiary/aromatic N) is 3. The van der Waals surface area contributed by atoms with Crippen LogP contribution in [-0.2, 0) is 9.59 Å². The molecular formula is C12H14BrN3O2S. The number of hydrogen-bond acceptors (Lipinski definition) is 5. The first-order chi connectivity index (χ1) is 8.97. The van der Waals surface area contributed by atoms with Crippen LogP contribution < -0.4 is 4.90 Å². The number of aromatic nitrogens is 2. The maximum absolute atomic E-state index is 12.0. The van der Waals surface area contributed by atoms with Crippen molar-refractivity contribution in [2.24, 2.45) is 5.92 Å². The Labute approximate surface area is 124 Å². The summed E-state index contributed by atoms with van der Waals surface area (Å²) in [6, 6.07) is 0. The van der Waals surface area contributed by atoms with E-state index in [4.69, 9.17) is 0 Å². The van der Waals surface area contributed by atoms with Gasteiger partial charge < -0.3 is 0 Å². The minimum atomic E-state index is 0.0240. The van der Waals surface area contributed by atoms with Gasteiger partial charge in [0.25, 0.3) is 0 Å². The van der Waals surface area contributed by atoms with Crippen molar-refractivity contribution in [1.82, 2.24) is 9.97 Å². The Morgan fingerprint density at radius 3 is 3.00 bits per heavy atom. The van der Waals surface area contributed by atoms with E-state index < -0.39 is 0 Å². The third-order valence-corrected chi connectivity index (χ3v) is 4.70. The molecule has 1 aromatic heterocycles. The van der Waals surface area contributed by atoms with Gasteiger partial charge in [0.05, 0.1) is 10.2 Å². The molecule has 0 radical (unpaired) electrons. The number of amides is 1. The standard InChI is InChI=1S/C12H14BrN3O2S/c1-7-10(13)4-14-12(15-7)16-5-9(3-11(16)18)6-19-8(2)17/h4,9H,3,5-6H2,1-2H3. The number of halogens is 1. The van der Waals surface area contributed by atoms with E-state index in [1.807, 2.05) is 6.92 Å². The highest BCUT2D eigenvalue weighted by molar-refractivity contribution is 9.10. The van der Waals surface area contributed by atoms with Crippen molar-refractivity contribution in [2.45, 2.75) is 20.3 Å². The summed E-state index contributed by atoms with van der Waals surface area (Å²) in [4.78, 5) is 33.0. The highest BCUT2D eigenvalue weighted by atomic mass is 79.9. The number of aryl methyl sites for hydroxylation is 1. The molecule has 5 nitrogen and oxygen atoms in total. The zero-order valence-corrected chi connectivity index (χ0v) is 13.1. The number of carbonyl (C=O) groups excluding carboxylic acids is 2. The summed E-state index contributed by atoms with van der Waals surface area (Å²) in [7, 11) is 0. The van der Waals surface area contributed by atoms with Crippen LogP contribution in [0.3, 0.4) is 0 Å². The molecule has 1 amide bonds. The van der Waals surface area contributed by atoms with Crippen molar-refractivity contribution >= 4 is 44.7 Å². The molecule has 2 heterocycles. The van der Waals surface area contributed by atoms with E-state index in [-0.39, 0.29) is 16.9 Å². The average Bonchev–Trinajstić information content (AvgIpc) is 2.72. The molecule has 0 aliphatic carbocycles. The van der Waals surface area contributed by atoms with Crippen LogP contribution in [0.4, 0.5) is 5.95 Å². The highest BCUT2D eigenvalue weighted by Crippen LogP contribution is 2.26. The van der Waals surface area contributed by atoms with Crippen LogP contribution >= 0.6 is 27.7 Å². The quantitative estimate of drug-likeness (QED) is 0.841. The molecule has 7 heteroatoms. The van der Waals surface area contributed by atoms with E-state index >= 15 is 0 Å². The zero-order valence-electron chi connectivity index (χ0n) is 10.7. The first-order valence-corrected chi connectivity index (χ1v) is 7.68. The lowest BCUT2D eigenvalue weighted by molar-refractivity contribution is -0.117. The van der Waals surface area contributed by atoms with E-state index in [2.05, 4.69) is 25.9 Å². The molecular weight excluding hydrogens is 330 g/mol. The first-order valence-electron chi connectivity index (χ1n) is 5.90. The van der Waals surface area contributed by atoms with Crippen LogP contribution in [0.25, 0.3) is 0 Å². The van der Waals surface area contributed by atoms with Gasteiger partial charge in [0, 0.05) is 31.8 Å². The van der Waals surface area contributed by atoms with Crippen LogP contribution in [0, 0.1) is 12.8 Å². The van der Waals surface area contributed by atoms with Crippen LogP contribution in [0.15, 0.2) is 10.7 Å². The average molecular weight is 344 g/mol. The lowest BCUT2D eigenvalue weighted by Crippen LogP contribution is -2.27. The molecule has 0 aromatic carbocycles. The number of thioether (sulfide) groups is 1. The predicted molar refractivity (Wildman–Crippen MR) is 78.1 cm³/mol. The number of rotatable bonds is 3. The number of carbonyl (C=O) groups is 2. The van der Waals surface area contributed by atoms with Gasteiger partial charge in [0.1, 0.15) is 0 Å². The molecule has 2 rings (SSSR count). The Morgan fingerprint density at radius 2 is 2.37 bits per heavy atom. The fraction of sp³-hybridized carbons (Fsp3) is 0.500. The fourth-order valence-electron chi connectivity index (χ4n) is 1.89. The smallest absolute Gasteiger partial charge is 0.232 e. The summed E-state index contributed by atoms with van der Waals surface area (Å²) in [6.45, 7) is 3.99. The second kappa shape index (κ2) is 6.00. The third kappa shape index (κ3) is 3.54. The SMILES string of the molecule is CC(=O)SCC1CC(=O)N(c2ncc(Br)c(C)n2)C1. The van der Waals surface area contributed by atoms with E-state index in [1.54, 1.807) is 18.0 Å². The Kier molecular flexibility index (Phi) is 4.57. The third-order valence-electron chi connectivity index (χ3n) is 2.88. The molecule has 1 saturated heterocycles. The second-order valence-corrected chi connectivity index (χ2v) is 6.53. The van der Waals surface area contributed by atoms with Gasteiger partial charge in [-0.25, -0.2) is 9.97 Å². The van der Waals surface area contributed by atoms with Crippen molar-refractivity contribution < 1.29 is 9.59 Å². The largest absolute Gasteiger partial charge is 0.288 e. The van der Waals surface area contributed by atoms with E-state index in [0.717, 1.165) is 10.2 Å². The first kappa shape index (κ1) is 14.5. The Bertz CT molecular complexity index is 524. The molecule has 1 atom stereocenters. The Morgan fingerprint density at radius 1 is 1.63 bits per heavy atom. The van der Waals surface area contributed by atoms with E-state index in [0.29, 0.717) is 24.7 Å². The van der Waals surface area contributed by atoms with Crippen molar-refractivity contribution in [2.75, 3.05) is 17.2 Å². The Balaban J connectivity index is 2.07. The minimum Gasteiger partial charge on any atom is -0.288 e. The van der Waals surface area contributed by atoms with Gasteiger partial charge in [-0.15, -0.1) is 0 Å². The molecule has 1 unspecified atom stereocenters. The van der Waals surface area contributed by atoms with Gasteiger partial charge in [0.2, 0.25) is 11.9 Å². The lowest BCUT2D eigenvalue weighted by atomic mass is 10.1. The predicted octanol–water partition coefficient (Wildman–Crippen LogP) is 2.18. The van der Waals surface area contributed by atoms with Crippen molar-refractivity contribution in [3.63, 3.8) is 0 Å². The van der Waals surface area contributed by atoms with Crippen LogP contribution in [-0.4, -0.2) is 33.3 Å². The fourth-order valence-corrected chi connectivity index (χ4v) is 2.78. The molecule has 1 aromatic rings. The van der Waals surface area contributed by atoms with Gasteiger partial charge in [-0.2, -0.15) is 0 Å². The molecule has 0 saturated carbocycles. The zero-order chi connectivity index (χ0) is 14.0. The van der Waals surface area contributed by atoms with Gasteiger partial charge in [-0.05, 0) is 28.8 Å². The summed E-state index contributed by atoms with van der Waals surface area (Å²) in [6.07, 6.45) is 2.11.